The summed E-state index contributed by atoms with van der Waals surface area (Å²) in [6, 6.07) is 3.64. The molecule has 4 heteroatoms. The lowest BCUT2D eigenvalue weighted by Crippen LogP contribution is -2.45. The molecule has 22 heavy (non-hydrogen) atoms. The predicted octanol–water partition coefficient (Wildman–Crippen LogP) is 2.98. The number of carbonyl (C=O) groups is 1. The van der Waals surface area contributed by atoms with Crippen molar-refractivity contribution in [1.29, 1.82) is 0 Å². The highest BCUT2D eigenvalue weighted by Crippen LogP contribution is 2.44. The number of aromatic hydroxyl groups is 1. The van der Waals surface area contributed by atoms with Crippen molar-refractivity contribution in [2.45, 2.75) is 25.3 Å². The second kappa shape index (κ2) is 5.52. The van der Waals surface area contributed by atoms with Crippen molar-refractivity contribution in [1.82, 2.24) is 4.90 Å². The Morgan fingerprint density at radius 2 is 2.27 bits per heavy atom. The number of benzene rings is 1. The minimum atomic E-state index is 0.00325. The SMILES string of the molecule is C=CC(=C)[C@H]1CC(=O)N2CCc3cc(OC)c(O)cc3[C@@H]2C1. The molecule has 1 fully saturated rings. The van der Waals surface area contributed by atoms with Crippen LogP contribution in [0.2, 0.25) is 0 Å². The maximum Gasteiger partial charge on any atom is 0.223 e. The summed E-state index contributed by atoms with van der Waals surface area (Å²) in [4.78, 5) is 14.4. The van der Waals surface area contributed by atoms with Crippen molar-refractivity contribution < 1.29 is 14.6 Å². The molecule has 1 aromatic rings. The zero-order valence-electron chi connectivity index (χ0n) is 12.8. The largest absolute Gasteiger partial charge is 0.504 e. The highest BCUT2D eigenvalue weighted by Gasteiger charge is 2.38. The van der Waals surface area contributed by atoms with E-state index in [0.29, 0.717) is 12.2 Å². The standard InChI is InChI=1S/C18H21NO3/c1-4-11(2)13-7-15-14-10-16(20)17(22-3)8-12(14)5-6-19(15)18(21)9-13/h4,8,10,13,15,20H,1-2,5-7,9H2,3H3/t13-,15+/m1/s1. The van der Waals surface area contributed by atoms with Gasteiger partial charge in [-0.25, -0.2) is 0 Å². The maximum atomic E-state index is 12.4. The number of hydrogen-bond acceptors (Lipinski definition) is 3. The lowest BCUT2D eigenvalue weighted by atomic mass is 9.79. The Balaban J connectivity index is 2.00. The number of amides is 1. The summed E-state index contributed by atoms with van der Waals surface area (Å²) < 4.78 is 5.19. The van der Waals surface area contributed by atoms with Crippen molar-refractivity contribution in [3.63, 3.8) is 0 Å². The van der Waals surface area contributed by atoms with Gasteiger partial charge in [0.25, 0.3) is 0 Å². The van der Waals surface area contributed by atoms with Gasteiger partial charge in [0, 0.05) is 13.0 Å². The van der Waals surface area contributed by atoms with E-state index in [2.05, 4.69) is 13.2 Å². The van der Waals surface area contributed by atoms with E-state index in [4.69, 9.17) is 4.74 Å². The van der Waals surface area contributed by atoms with Gasteiger partial charge in [-0.1, -0.05) is 24.8 Å². The minimum Gasteiger partial charge on any atom is -0.504 e. The summed E-state index contributed by atoms with van der Waals surface area (Å²) in [7, 11) is 1.55. The van der Waals surface area contributed by atoms with Crippen LogP contribution in [0.3, 0.4) is 0 Å². The monoisotopic (exact) mass is 299 g/mol. The van der Waals surface area contributed by atoms with Crippen LogP contribution in [0, 0.1) is 5.92 Å². The second-order valence-electron chi connectivity index (χ2n) is 5.99. The van der Waals surface area contributed by atoms with Crippen LogP contribution >= 0.6 is 0 Å². The first kappa shape index (κ1) is 14.7. The number of phenols is 1. The van der Waals surface area contributed by atoms with Crippen molar-refractivity contribution in [2.24, 2.45) is 5.92 Å². The molecule has 0 bridgehead atoms. The molecule has 116 valence electrons. The third-order valence-corrected chi connectivity index (χ3v) is 4.83. The van der Waals surface area contributed by atoms with Gasteiger partial charge < -0.3 is 14.7 Å². The molecule has 0 spiro atoms. The Bertz CT molecular complexity index is 650. The van der Waals surface area contributed by atoms with Crippen LogP contribution in [-0.4, -0.2) is 29.6 Å². The van der Waals surface area contributed by atoms with E-state index < -0.39 is 0 Å². The van der Waals surface area contributed by atoms with Gasteiger partial charge in [-0.2, -0.15) is 0 Å². The summed E-state index contributed by atoms with van der Waals surface area (Å²) in [6.07, 6.45) is 3.86. The molecule has 2 heterocycles. The molecule has 4 nitrogen and oxygen atoms in total. The van der Waals surface area contributed by atoms with Crippen molar-refractivity contribution in [3.8, 4) is 11.5 Å². The molecule has 1 amide bonds. The first-order chi connectivity index (χ1) is 10.5. The molecule has 1 N–H and O–H groups in total. The first-order valence-electron chi connectivity index (χ1n) is 7.55. The van der Waals surface area contributed by atoms with Gasteiger partial charge in [0.05, 0.1) is 13.2 Å². The van der Waals surface area contributed by atoms with Crippen LogP contribution in [-0.2, 0) is 11.2 Å². The van der Waals surface area contributed by atoms with Gasteiger partial charge in [0.15, 0.2) is 11.5 Å². The molecule has 1 aromatic carbocycles. The number of rotatable bonds is 3. The molecule has 0 aromatic heterocycles. The van der Waals surface area contributed by atoms with Gasteiger partial charge >= 0.3 is 0 Å². The third kappa shape index (κ3) is 2.28. The Morgan fingerprint density at radius 3 is 2.95 bits per heavy atom. The van der Waals surface area contributed by atoms with Crippen LogP contribution in [0.25, 0.3) is 0 Å². The first-order valence-corrected chi connectivity index (χ1v) is 7.55. The van der Waals surface area contributed by atoms with Gasteiger partial charge in [0.2, 0.25) is 5.91 Å². The van der Waals surface area contributed by atoms with E-state index >= 15 is 0 Å². The van der Waals surface area contributed by atoms with Crippen LogP contribution in [0.5, 0.6) is 11.5 Å². The molecular weight excluding hydrogens is 278 g/mol. The fourth-order valence-corrected chi connectivity index (χ4v) is 3.56. The van der Waals surface area contributed by atoms with Crippen molar-refractivity contribution >= 4 is 5.91 Å². The number of methoxy groups -OCH3 is 1. The number of ether oxygens (including phenoxy) is 1. The lowest BCUT2D eigenvalue weighted by molar-refractivity contribution is -0.138. The molecule has 0 radical (unpaired) electrons. The molecule has 2 aliphatic heterocycles. The molecule has 2 atom stereocenters. The summed E-state index contributed by atoms with van der Waals surface area (Å²) in [6.45, 7) is 8.50. The summed E-state index contributed by atoms with van der Waals surface area (Å²) in [5, 5.41) is 10.1. The number of carbonyl (C=O) groups excluding carboxylic acids is 1. The van der Waals surface area contributed by atoms with Crippen molar-refractivity contribution in [3.05, 3.63) is 48.1 Å². The summed E-state index contributed by atoms with van der Waals surface area (Å²) in [5.74, 6) is 0.897. The van der Waals surface area contributed by atoms with Crippen LogP contribution < -0.4 is 4.74 Å². The zero-order chi connectivity index (χ0) is 15.9. The number of piperidine rings is 1. The maximum absolute atomic E-state index is 12.4. The van der Waals surface area contributed by atoms with Crippen LogP contribution in [0.15, 0.2) is 36.9 Å². The molecule has 0 aliphatic carbocycles. The van der Waals surface area contributed by atoms with Crippen LogP contribution in [0.4, 0.5) is 0 Å². The summed E-state index contributed by atoms with van der Waals surface area (Å²) in [5.41, 5.74) is 3.09. The van der Waals surface area contributed by atoms with E-state index in [-0.39, 0.29) is 23.6 Å². The lowest BCUT2D eigenvalue weighted by Gasteiger charge is -2.43. The molecule has 1 saturated heterocycles. The molecule has 0 saturated carbocycles. The minimum absolute atomic E-state index is 0.00325. The summed E-state index contributed by atoms with van der Waals surface area (Å²) >= 11 is 0. The van der Waals surface area contributed by atoms with E-state index in [1.165, 1.54) is 0 Å². The highest BCUT2D eigenvalue weighted by molar-refractivity contribution is 5.79. The van der Waals surface area contributed by atoms with Gasteiger partial charge in [-0.05, 0) is 42.0 Å². The average molecular weight is 299 g/mol. The van der Waals surface area contributed by atoms with Crippen LogP contribution in [0.1, 0.15) is 30.0 Å². The molecular formula is C18H21NO3. The van der Waals surface area contributed by atoms with Crippen molar-refractivity contribution in [2.75, 3.05) is 13.7 Å². The number of hydrogen-bond donors (Lipinski definition) is 1. The Morgan fingerprint density at radius 1 is 1.50 bits per heavy atom. The Hall–Kier alpha value is -2.23. The third-order valence-electron chi connectivity index (χ3n) is 4.83. The highest BCUT2D eigenvalue weighted by atomic mass is 16.5. The van der Waals surface area contributed by atoms with Gasteiger partial charge in [0.1, 0.15) is 0 Å². The Labute approximate surface area is 130 Å². The molecule has 2 aliphatic rings. The zero-order valence-corrected chi connectivity index (χ0v) is 12.8. The van der Waals surface area contributed by atoms with Gasteiger partial charge in [-0.3, -0.25) is 4.79 Å². The second-order valence-corrected chi connectivity index (χ2v) is 5.99. The smallest absolute Gasteiger partial charge is 0.223 e. The van der Waals surface area contributed by atoms with E-state index in [9.17, 15) is 9.90 Å². The predicted molar refractivity (Wildman–Crippen MR) is 84.9 cm³/mol. The van der Waals surface area contributed by atoms with E-state index in [1.54, 1.807) is 19.3 Å². The number of nitrogens with zero attached hydrogens (tertiary/aromatic N) is 1. The van der Waals surface area contributed by atoms with E-state index in [1.807, 2.05) is 11.0 Å². The molecule has 0 unspecified atom stereocenters. The molecule has 3 rings (SSSR count). The van der Waals surface area contributed by atoms with E-state index in [0.717, 1.165) is 36.1 Å². The topological polar surface area (TPSA) is 49.8 Å². The average Bonchev–Trinajstić information content (AvgIpc) is 2.53. The Kier molecular flexibility index (Phi) is 3.69. The number of fused-ring (bicyclic) bond motifs is 3. The fraction of sp³-hybridized carbons (Fsp3) is 0.389. The normalized spacial score (nSPS) is 23.5. The number of allylic oxidation sites excluding steroid dienone is 2. The number of phenolic OH excluding ortho intramolecular Hbond substituents is 1. The van der Waals surface area contributed by atoms with Gasteiger partial charge in [-0.15, -0.1) is 0 Å². The quantitative estimate of drug-likeness (QED) is 0.873. The fourth-order valence-electron chi connectivity index (χ4n) is 3.56.